The van der Waals surface area contributed by atoms with Crippen molar-refractivity contribution in [3.05, 3.63) is 67.0 Å². The zero-order valence-electron chi connectivity index (χ0n) is 17.0. The highest BCUT2D eigenvalue weighted by atomic mass is 15.3. The fourth-order valence-corrected chi connectivity index (χ4v) is 4.08. The number of hydrogen-bond acceptors (Lipinski definition) is 5. The number of nitrogens with zero attached hydrogens (tertiary/aromatic N) is 5. The Morgan fingerprint density at radius 3 is 2.53 bits per heavy atom. The quantitative estimate of drug-likeness (QED) is 0.523. The number of fused-ring (bicyclic) bond motifs is 1. The van der Waals surface area contributed by atoms with Crippen molar-refractivity contribution in [1.29, 1.82) is 0 Å². The molecule has 0 spiro atoms. The zero-order chi connectivity index (χ0) is 20.2. The van der Waals surface area contributed by atoms with Crippen LogP contribution in [0.15, 0.2) is 67.0 Å². The molecule has 3 aromatic heterocycles. The largest absolute Gasteiger partial charge is 0.369 e. The van der Waals surface area contributed by atoms with Crippen LogP contribution in [-0.4, -0.2) is 50.7 Å². The highest BCUT2D eigenvalue weighted by Gasteiger charge is 2.12. The third-order valence-corrected chi connectivity index (χ3v) is 5.67. The highest BCUT2D eigenvalue weighted by Crippen LogP contribution is 2.25. The van der Waals surface area contributed by atoms with Crippen LogP contribution in [0.2, 0.25) is 0 Å². The number of likely N-dealkylation sites (tertiary alicyclic amines) is 1. The standard InChI is InChI=1S/C24H26N6/c1-3-7-19(8-4-1)22-10-12-27-24-18-21(28-30(22)24)20-9-11-25-23(17-20)26-13-16-29-14-5-2-6-15-29/h1,3-4,7-12,17-18H,2,5-6,13-16H2,(H,25,26). The van der Waals surface area contributed by atoms with Crippen molar-refractivity contribution in [3.63, 3.8) is 0 Å². The molecule has 1 aliphatic heterocycles. The molecule has 4 aromatic rings. The van der Waals surface area contributed by atoms with E-state index in [2.05, 4.69) is 38.4 Å². The van der Waals surface area contributed by atoms with Gasteiger partial charge < -0.3 is 10.2 Å². The number of hydrogen-bond donors (Lipinski definition) is 1. The van der Waals surface area contributed by atoms with Crippen molar-refractivity contribution < 1.29 is 0 Å². The third kappa shape index (κ3) is 4.04. The van der Waals surface area contributed by atoms with Gasteiger partial charge in [-0.15, -0.1) is 0 Å². The predicted molar refractivity (Wildman–Crippen MR) is 120 cm³/mol. The maximum atomic E-state index is 4.84. The number of piperidine rings is 1. The molecular formula is C24H26N6. The Kier molecular flexibility index (Phi) is 5.40. The molecule has 0 radical (unpaired) electrons. The van der Waals surface area contributed by atoms with Crippen LogP contribution >= 0.6 is 0 Å². The van der Waals surface area contributed by atoms with Crippen molar-refractivity contribution in [2.75, 3.05) is 31.5 Å². The van der Waals surface area contributed by atoms with Gasteiger partial charge in [0.05, 0.1) is 11.4 Å². The molecule has 1 aromatic carbocycles. The Balaban J connectivity index is 1.36. The molecule has 4 heterocycles. The summed E-state index contributed by atoms with van der Waals surface area (Å²) in [6.45, 7) is 4.40. The van der Waals surface area contributed by atoms with E-state index in [1.807, 2.05) is 53.3 Å². The number of nitrogens with one attached hydrogen (secondary N) is 1. The number of pyridine rings is 1. The molecule has 0 amide bonds. The summed E-state index contributed by atoms with van der Waals surface area (Å²) in [7, 11) is 0. The molecule has 30 heavy (non-hydrogen) atoms. The van der Waals surface area contributed by atoms with Crippen molar-refractivity contribution in [2.45, 2.75) is 19.3 Å². The van der Waals surface area contributed by atoms with Crippen LogP contribution in [-0.2, 0) is 0 Å². The first-order valence-electron chi connectivity index (χ1n) is 10.7. The Bertz CT molecular complexity index is 1110. The molecule has 1 saturated heterocycles. The maximum absolute atomic E-state index is 4.84. The Morgan fingerprint density at radius 1 is 0.833 bits per heavy atom. The van der Waals surface area contributed by atoms with E-state index >= 15 is 0 Å². The van der Waals surface area contributed by atoms with E-state index in [1.165, 1.54) is 32.4 Å². The van der Waals surface area contributed by atoms with Gasteiger partial charge >= 0.3 is 0 Å². The van der Waals surface area contributed by atoms with Crippen LogP contribution in [0.5, 0.6) is 0 Å². The van der Waals surface area contributed by atoms with Crippen molar-refractivity contribution in [1.82, 2.24) is 24.5 Å². The minimum absolute atomic E-state index is 0.836. The second-order valence-electron chi connectivity index (χ2n) is 7.75. The van der Waals surface area contributed by atoms with Crippen molar-refractivity contribution in [3.8, 4) is 22.5 Å². The summed E-state index contributed by atoms with van der Waals surface area (Å²) in [6, 6.07) is 18.4. The van der Waals surface area contributed by atoms with Crippen molar-refractivity contribution >= 4 is 11.5 Å². The SMILES string of the molecule is c1ccc(-c2ccnc3cc(-c4ccnc(NCCN5CCCCC5)c4)nn23)cc1. The second kappa shape index (κ2) is 8.63. The molecule has 5 rings (SSSR count). The molecule has 0 saturated carbocycles. The van der Waals surface area contributed by atoms with Gasteiger partial charge in [0.2, 0.25) is 0 Å². The minimum atomic E-state index is 0.836. The van der Waals surface area contributed by atoms with Gasteiger partial charge in [-0.25, -0.2) is 14.5 Å². The molecule has 6 heteroatoms. The number of rotatable bonds is 6. The summed E-state index contributed by atoms with van der Waals surface area (Å²) >= 11 is 0. The molecule has 0 bridgehead atoms. The fourth-order valence-electron chi connectivity index (χ4n) is 4.08. The van der Waals surface area contributed by atoms with E-state index in [0.29, 0.717) is 0 Å². The van der Waals surface area contributed by atoms with Crippen LogP contribution in [0.3, 0.4) is 0 Å². The van der Waals surface area contributed by atoms with Gasteiger partial charge in [0, 0.05) is 42.7 Å². The lowest BCUT2D eigenvalue weighted by Gasteiger charge is -2.26. The van der Waals surface area contributed by atoms with Gasteiger partial charge in [-0.05, 0) is 44.1 Å². The average molecular weight is 399 g/mol. The first kappa shape index (κ1) is 18.8. The Labute approximate surface area is 176 Å². The molecule has 1 N–H and O–H groups in total. The van der Waals surface area contributed by atoms with Crippen LogP contribution < -0.4 is 5.32 Å². The number of benzene rings is 1. The lowest BCUT2D eigenvalue weighted by Crippen LogP contribution is -2.33. The molecule has 0 aliphatic carbocycles. The molecule has 0 unspecified atom stereocenters. The predicted octanol–water partition coefficient (Wildman–Crippen LogP) is 4.36. The first-order chi connectivity index (χ1) is 14.9. The van der Waals surface area contributed by atoms with Crippen LogP contribution in [0.25, 0.3) is 28.2 Å². The molecule has 6 nitrogen and oxygen atoms in total. The molecule has 1 fully saturated rings. The van der Waals surface area contributed by atoms with E-state index in [0.717, 1.165) is 47.1 Å². The third-order valence-electron chi connectivity index (χ3n) is 5.67. The summed E-state index contributed by atoms with van der Waals surface area (Å²) in [6.07, 6.45) is 7.69. The normalized spacial score (nSPS) is 14.8. The summed E-state index contributed by atoms with van der Waals surface area (Å²) in [5.41, 5.74) is 4.92. The monoisotopic (exact) mass is 398 g/mol. The van der Waals surface area contributed by atoms with Crippen LogP contribution in [0.4, 0.5) is 5.82 Å². The lowest BCUT2D eigenvalue weighted by atomic mass is 10.1. The van der Waals surface area contributed by atoms with Gasteiger partial charge in [-0.3, -0.25) is 0 Å². The summed E-state index contributed by atoms with van der Waals surface area (Å²) in [4.78, 5) is 11.5. The zero-order valence-corrected chi connectivity index (χ0v) is 17.0. The summed E-state index contributed by atoms with van der Waals surface area (Å²) < 4.78 is 1.91. The molecule has 1 aliphatic rings. The van der Waals surface area contributed by atoms with E-state index in [1.54, 1.807) is 0 Å². The summed E-state index contributed by atoms with van der Waals surface area (Å²) in [5.74, 6) is 0.887. The van der Waals surface area contributed by atoms with Gasteiger partial charge in [0.25, 0.3) is 0 Å². The minimum Gasteiger partial charge on any atom is -0.369 e. The van der Waals surface area contributed by atoms with Gasteiger partial charge in [-0.2, -0.15) is 5.10 Å². The number of anilines is 1. The Hall–Kier alpha value is -3.25. The maximum Gasteiger partial charge on any atom is 0.156 e. The highest BCUT2D eigenvalue weighted by molar-refractivity contribution is 5.69. The van der Waals surface area contributed by atoms with E-state index in [-0.39, 0.29) is 0 Å². The molecular weight excluding hydrogens is 372 g/mol. The van der Waals surface area contributed by atoms with Crippen molar-refractivity contribution in [2.24, 2.45) is 0 Å². The topological polar surface area (TPSA) is 58.4 Å². The van der Waals surface area contributed by atoms with E-state index < -0.39 is 0 Å². The fraction of sp³-hybridized carbons (Fsp3) is 0.292. The lowest BCUT2D eigenvalue weighted by molar-refractivity contribution is 0.237. The Morgan fingerprint density at radius 2 is 1.67 bits per heavy atom. The first-order valence-corrected chi connectivity index (χ1v) is 10.7. The van der Waals surface area contributed by atoms with Gasteiger partial charge in [0.1, 0.15) is 5.82 Å². The average Bonchev–Trinajstić information content (AvgIpc) is 3.25. The van der Waals surface area contributed by atoms with Gasteiger partial charge in [0.15, 0.2) is 5.65 Å². The van der Waals surface area contributed by atoms with Gasteiger partial charge in [-0.1, -0.05) is 36.8 Å². The van der Waals surface area contributed by atoms with Crippen LogP contribution in [0.1, 0.15) is 19.3 Å². The summed E-state index contributed by atoms with van der Waals surface area (Å²) in [5, 5.41) is 8.31. The smallest absolute Gasteiger partial charge is 0.156 e. The number of aromatic nitrogens is 4. The van der Waals surface area contributed by atoms with Crippen LogP contribution in [0, 0.1) is 0 Å². The molecule has 0 atom stereocenters. The van der Waals surface area contributed by atoms with E-state index in [9.17, 15) is 0 Å². The second-order valence-corrected chi connectivity index (χ2v) is 7.75. The van der Waals surface area contributed by atoms with E-state index in [4.69, 9.17) is 5.10 Å². The molecule has 152 valence electrons.